The number of thiazole rings is 1. The van der Waals surface area contributed by atoms with Gasteiger partial charge in [0.2, 0.25) is 4.80 Å². The second-order valence-corrected chi connectivity index (χ2v) is 8.96. The van der Waals surface area contributed by atoms with Crippen molar-refractivity contribution < 1.29 is 13.9 Å². The summed E-state index contributed by atoms with van der Waals surface area (Å²) in [6.07, 6.45) is 1.92. The number of nitrogens with one attached hydrogen (secondary N) is 1. The van der Waals surface area contributed by atoms with E-state index in [9.17, 15) is 9.18 Å². The molecule has 6 nitrogen and oxygen atoms in total. The van der Waals surface area contributed by atoms with Crippen molar-refractivity contribution >= 4 is 34.3 Å². The number of aromatic nitrogens is 1. The number of carbonyl (C=O) groups is 1. The minimum absolute atomic E-state index is 0.0187. The van der Waals surface area contributed by atoms with Gasteiger partial charge in [-0.2, -0.15) is 5.10 Å². The molecule has 32 heavy (non-hydrogen) atoms. The fourth-order valence-corrected chi connectivity index (χ4v) is 4.11. The molecule has 0 unspecified atom stereocenters. The van der Waals surface area contributed by atoms with Crippen molar-refractivity contribution in [2.45, 2.75) is 33.6 Å². The Morgan fingerprint density at radius 3 is 2.78 bits per heavy atom. The highest BCUT2D eigenvalue weighted by Gasteiger charge is 2.18. The van der Waals surface area contributed by atoms with E-state index in [2.05, 4.69) is 24.2 Å². The number of halogens is 1. The number of ether oxygens (including phenoxy) is 1. The Labute approximate surface area is 190 Å². The van der Waals surface area contributed by atoms with Crippen LogP contribution < -0.4 is 14.9 Å². The van der Waals surface area contributed by atoms with Gasteiger partial charge >= 0.3 is 0 Å². The fraction of sp³-hybridized carbons (Fsp3) is 0.292. The van der Waals surface area contributed by atoms with Gasteiger partial charge in [0.15, 0.2) is 6.61 Å². The van der Waals surface area contributed by atoms with Crippen molar-refractivity contribution in [2.24, 2.45) is 16.0 Å². The molecule has 1 N–H and O–H groups in total. The molecule has 3 aromatic rings. The molecule has 0 bridgehead atoms. The summed E-state index contributed by atoms with van der Waals surface area (Å²) in [4.78, 5) is 17.1. The molecule has 4 rings (SSSR count). The van der Waals surface area contributed by atoms with Gasteiger partial charge in [0.25, 0.3) is 5.91 Å². The fourth-order valence-electron chi connectivity index (χ4n) is 3.26. The molecular formula is C24H25FN4O2S. The summed E-state index contributed by atoms with van der Waals surface area (Å²) in [6.45, 7) is 6.41. The maximum atomic E-state index is 13.3. The van der Waals surface area contributed by atoms with Gasteiger partial charge in [-0.15, -0.1) is 11.3 Å². The van der Waals surface area contributed by atoms with Crippen LogP contribution in [0.25, 0.3) is 11.3 Å². The number of rotatable bonds is 6. The molecule has 0 fully saturated rings. The number of benzene rings is 2. The maximum Gasteiger partial charge on any atom is 0.262 e. The Morgan fingerprint density at radius 1 is 1.25 bits per heavy atom. The van der Waals surface area contributed by atoms with E-state index < -0.39 is 0 Å². The Hall–Kier alpha value is -3.26. The summed E-state index contributed by atoms with van der Waals surface area (Å²) < 4.78 is 20.6. The van der Waals surface area contributed by atoms with E-state index in [1.165, 1.54) is 23.5 Å². The zero-order valence-corrected chi connectivity index (χ0v) is 19.1. The SMILES string of the molecule is CC(CCC(C)C)=Nn1c(-c2ccc3c(c2)NC(=O)CO3)csc1=Nc1ccc(F)cc1. The van der Waals surface area contributed by atoms with E-state index in [1.807, 2.05) is 35.2 Å². The number of hydrogen-bond acceptors (Lipinski definition) is 5. The first kappa shape index (κ1) is 22.0. The van der Waals surface area contributed by atoms with E-state index in [-0.39, 0.29) is 18.3 Å². The summed E-state index contributed by atoms with van der Waals surface area (Å²) in [6, 6.07) is 11.7. The average Bonchev–Trinajstić information content (AvgIpc) is 3.15. The third-order valence-corrected chi connectivity index (χ3v) is 5.82. The smallest absolute Gasteiger partial charge is 0.262 e. The summed E-state index contributed by atoms with van der Waals surface area (Å²) >= 11 is 1.45. The lowest BCUT2D eigenvalue weighted by Gasteiger charge is -2.18. The average molecular weight is 453 g/mol. The van der Waals surface area contributed by atoms with Gasteiger partial charge in [-0.1, -0.05) is 13.8 Å². The zero-order valence-electron chi connectivity index (χ0n) is 18.3. The highest BCUT2D eigenvalue weighted by molar-refractivity contribution is 7.07. The summed E-state index contributed by atoms with van der Waals surface area (Å²) in [5.74, 6) is 0.745. The predicted octanol–water partition coefficient (Wildman–Crippen LogP) is 5.58. The van der Waals surface area contributed by atoms with E-state index in [1.54, 1.807) is 12.1 Å². The topological polar surface area (TPSA) is 68.0 Å². The Morgan fingerprint density at radius 2 is 2.03 bits per heavy atom. The lowest BCUT2D eigenvalue weighted by atomic mass is 10.1. The quantitative estimate of drug-likeness (QED) is 0.496. The highest BCUT2D eigenvalue weighted by atomic mass is 32.1. The number of hydrogen-bond donors (Lipinski definition) is 1. The van der Waals surface area contributed by atoms with Crippen LogP contribution in [-0.2, 0) is 4.79 Å². The van der Waals surface area contributed by atoms with Gasteiger partial charge in [-0.25, -0.2) is 14.1 Å². The molecule has 8 heteroatoms. The number of anilines is 1. The number of amides is 1. The largest absolute Gasteiger partial charge is 0.482 e. The monoisotopic (exact) mass is 452 g/mol. The first-order chi connectivity index (χ1) is 15.4. The van der Waals surface area contributed by atoms with Crippen molar-refractivity contribution in [1.29, 1.82) is 0 Å². The van der Waals surface area contributed by atoms with Crippen LogP contribution in [-0.4, -0.2) is 22.9 Å². The van der Waals surface area contributed by atoms with Crippen molar-refractivity contribution in [1.82, 2.24) is 4.68 Å². The van der Waals surface area contributed by atoms with E-state index in [4.69, 9.17) is 9.84 Å². The van der Waals surface area contributed by atoms with Crippen LogP contribution >= 0.6 is 11.3 Å². The van der Waals surface area contributed by atoms with Gasteiger partial charge < -0.3 is 10.1 Å². The molecule has 0 saturated carbocycles. The van der Waals surface area contributed by atoms with Crippen molar-refractivity contribution in [3.8, 4) is 17.0 Å². The van der Waals surface area contributed by atoms with Gasteiger partial charge in [0.05, 0.1) is 17.1 Å². The summed E-state index contributed by atoms with van der Waals surface area (Å²) in [5, 5.41) is 9.70. The van der Waals surface area contributed by atoms with E-state index in [0.29, 0.717) is 27.8 Å². The molecule has 1 aliphatic rings. The number of carbonyl (C=O) groups excluding carboxylic acids is 1. The predicted molar refractivity (Wildman–Crippen MR) is 126 cm³/mol. The van der Waals surface area contributed by atoms with E-state index in [0.717, 1.165) is 29.8 Å². The molecule has 0 radical (unpaired) electrons. The van der Waals surface area contributed by atoms with Crippen LogP contribution in [0.1, 0.15) is 33.6 Å². The van der Waals surface area contributed by atoms with Gasteiger partial charge in [0, 0.05) is 16.7 Å². The Bertz CT molecular complexity index is 1230. The van der Waals surface area contributed by atoms with Crippen LogP contribution in [0.4, 0.5) is 15.8 Å². The standard InChI is InChI=1S/C24H25FN4O2S/c1-15(2)4-5-16(3)28-29-21(14-32-24(29)26-19-9-7-18(25)8-10-19)17-6-11-22-20(12-17)27-23(30)13-31-22/h6-12,14-15H,4-5,13H2,1-3H3,(H,27,30). The first-order valence-corrected chi connectivity index (χ1v) is 11.4. The second kappa shape index (κ2) is 9.48. The number of fused-ring (bicyclic) bond motifs is 1. The molecule has 0 aliphatic carbocycles. The second-order valence-electron chi connectivity index (χ2n) is 8.12. The molecule has 0 spiro atoms. The van der Waals surface area contributed by atoms with Gasteiger partial charge in [0.1, 0.15) is 11.6 Å². The van der Waals surface area contributed by atoms with Crippen LogP contribution in [0.15, 0.2) is 57.9 Å². The Balaban J connectivity index is 1.79. The highest BCUT2D eigenvalue weighted by Crippen LogP contribution is 2.33. The third kappa shape index (κ3) is 5.13. The van der Waals surface area contributed by atoms with Crippen molar-refractivity contribution in [3.05, 3.63) is 58.5 Å². The van der Waals surface area contributed by atoms with Crippen molar-refractivity contribution in [3.63, 3.8) is 0 Å². The van der Waals surface area contributed by atoms with Crippen LogP contribution in [0.2, 0.25) is 0 Å². The lowest BCUT2D eigenvalue weighted by Crippen LogP contribution is -2.25. The molecule has 166 valence electrons. The van der Waals surface area contributed by atoms with Crippen molar-refractivity contribution in [2.75, 3.05) is 11.9 Å². The van der Waals surface area contributed by atoms with Crippen LogP contribution in [0, 0.1) is 11.7 Å². The zero-order chi connectivity index (χ0) is 22.7. The van der Waals surface area contributed by atoms with E-state index >= 15 is 0 Å². The van der Waals surface area contributed by atoms with Crippen LogP contribution in [0.5, 0.6) is 5.75 Å². The summed E-state index contributed by atoms with van der Waals surface area (Å²) in [5.41, 5.74) is 4.01. The van der Waals surface area contributed by atoms with Gasteiger partial charge in [-0.3, -0.25) is 4.79 Å². The molecule has 2 heterocycles. The molecule has 1 amide bonds. The molecule has 0 saturated heterocycles. The Kier molecular flexibility index (Phi) is 6.50. The molecule has 0 atom stereocenters. The first-order valence-electron chi connectivity index (χ1n) is 10.5. The minimum atomic E-state index is -0.301. The molecule has 1 aromatic heterocycles. The normalized spacial score (nSPS) is 14.3. The van der Waals surface area contributed by atoms with Crippen LogP contribution in [0.3, 0.4) is 0 Å². The summed E-state index contributed by atoms with van der Waals surface area (Å²) in [7, 11) is 0. The molecular weight excluding hydrogens is 427 g/mol. The van der Waals surface area contributed by atoms with Gasteiger partial charge in [-0.05, 0) is 68.1 Å². The maximum absolute atomic E-state index is 13.3. The lowest BCUT2D eigenvalue weighted by molar-refractivity contribution is -0.118. The molecule has 2 aromatic carbocycles. The third-order valence-electron chi connectivity index (χ3n) is 5.00. The molecule has 1 aliphatic heterocycles. The minimum Gasteiger partial charge on any atom is -0.482 e. The number of nitrogens with zero attached hydrogens (tertiary/aromatic N) is 3.